The first-order valence-electron chi connectivity index (χ1n) is 8.77. The molecule has 5 heteroatoms. The van der Waals surface area contributed by atoms with Crippen LogP contribution in [0.15, 0.2) is 48.5 Å². The monoisotopic (exact) mass is 357 g/mol. The van der Waals surface area contributed by atoms with Crippen LogP contribution in [0.4, 0.5) is 4.39 Å². The van der Waals surface area contributed by atoms with Crippen LogP contribution in [0, 0.1) is 5.82 Å². The zero-order valence-corrected chi connectivity index (χ0v) is 15.0. The van der Waals surface area contributed by atoms with Crippen molar-refractivity contribution in [3.05, 3.63) is 65.5 Å². The summed E-state index contributed by atoms with van der Waals surface area (Å²) in [6, 6.07) is 13.3. The number of rotatable bonds is 10. The third-order valence-corrected chi connectivity index (χ3v) is 4.12. The van der Waals surface area contributed by atoms with Gasteiger partial charge >= 0.3 is 0 Å². The molecule has 0 saturated heterocycles. The molecule has 0 radical (unpaired) electrons. The number of ketones is 1. The Morgan fingerprint density at radius 1 is 0.962 bits per heavy atom. The molecule has 0 bridgehead atoms. The van der Waals surface area contributed by atoms with Gasteiger partial charge in [0.05, 0.1) is 7.11 Å². The summed E-state index contributed by atoms with van der Waals surface area (Å²) in [4.78, 5) is 23.9. The van der Waals surface area contributed by atoms with Gasteiger partial charge in [-0.3, -0.25) is 9.59 Å². The summed E-state index contributed by atoms with van der Waals surface area (Å²) in [5.74, 6) is 0.290. The Morgan fingerprint density at radius 2 is 1.65 bits per heavy atom. The Hall–Kier alpha value is -2.69. The molecule has 1 amide bonds. The highest BCUT2D eigenvalue weighted by atomic mass is 19.1. The highest BCUT2D eigenvalue weighted by molar-refractivity contribution is 5.98. The smallest absolute Gasteiger partial charge is 0.220 e. The van der Waals surface area contributed by atoms with E-state index in [-0.39, 0.29) is 30.3 Å². The first-order valence-corrected chi connectivity index (χ1v) is 8.77. The van der Waals surface area contributed by atoms with Gasteiger partial charge in [0.1, 0.15) is 11.6 Å². The van der Waals surface area contributed by atoms with Crippen molar-refractivity contribution in [1.82, 2.24) is 5.32 Å². The van der Waals surface area contributed by atoms with E-state index in [0.717, 1.165) is 24.8 Å². The summed E-state index contributed by atoms with van der Waals surface area (Å²) in [6.07, 6.45) is 2.98. The van der Waals surface area contributed by atoms with Crippen LogP contribution < -0.4 is 10.1 Å². The molecular weight excluding hydrogens is 333 g/mol. The molecule has 2 aromatic rings. The van der Waals surface area contributed by atoms with Crippen molar-refractivity contribution in [3.63, 3.8) is 0 Å². The van der Waals surface area contributed by atoms with Crippen molar-refractivity contribution < 1.29 is 18.7 Å². The van der Waals surface area contributed by atoms with Gasteiger partial charge in [-0.2, -0.15) is 0 Å². The third kappa shape index (κ3) is 6.67. The number of carbonyl (C=O) groups is 2. The zero-order valence-electron chi connectivity index (χ0n) is 15.0. The topological polar surface area (TPSA) is 55.4 Å². The van der Waals surface area contributed by atoms with Crippen LogP contribution in [0.3, 0.4) is 0 Å². The van der Waals surface area contributed by atoms with Crippen molar-refractivity contribution in [3.8, 4) is 5.75 Å². The molecule has 0 spiro atoms. The van der Waals surface area contributed by atoms with Gasteiger partial charge in [0.25, 0.3) is 0 Å². The van der Waals surface area contributed by atoms with E-state index < -0.39 is 0 Å². The molecule has 0 fully saturated rings. The number of halogens is 1. The van der Waals surface area contributed by atoms with Crippen molar-refractivity contribution in [1.29, 1.82) is 0 Å². The van der Waals surface area contributed by atoms with Crippen molar-refractivity contribution in [2.24, 2.45) is 0 Å². The van der Waals surface area contributed by atoms with E-state index >= 15 is 0 Å². The fourth-order valence-corrected chi connectivity index (χ4v) is 2.57. The van der Waals surface area contributed by atoms with Gasteiger partial charge in [-0.25, -0.2) is 4.39 Å². The van der Waals surface area contributed by atoms with E-state index in [4.69, 9.17) is 4.74 Å². The van der Waals surface area contributed by atoms with E-state index in [9.17, 15) is 14.0 Å². The van der Waals surface area contributed by atoms with Crippen LogP contribution in [-0.4, -0.2) is 25.3 Å². The van der Waals surface area contributed by atoms with Gasteiger partial charge in [-0.1, -0.05) is 12.1 Å². The van der Waals surface area contributed by atoms with Crippen LogP contribution in [-0.2, 0) is 11.2 Å². The minimum Gasteiger partial charge on any atom is -0.497 e. The van der Waals surface area contributed by atoms with Gasteiger partial charge in [-0.15, -0.1) is 0 Å². The first kappa shape index (κ1) is 19.6. The summed E-state index contributed by atoms with van der Waals surface area (Å²) in [5.41, 5.74) is 1.67. The summed E-state index contributed by atoms with van der Waals surface area (Å²) in [7, 11) is 1.57. The maximum absolute atomic E-state index is 12.8. The maximum Gasteiger partial charge on any atom is 0.220 e. The fraction of sp³-hybridized carbons (Fsp3) is 0.333. The number of ether oxygens (including phenoxy) is 1. The summed E-state index contributed by atoms with van der Waals surface area (Å²) < 4.78 is 17.9. The van der Waals surface area contributed by atoms with E-state index in [1.165, 1.54) is 12.1 Å². The van der Waals surface area contributed by atoms with Crippen molar-refractivity contribution >= 4 is 11.7 Å². The summed E-state index contributed by atoms with van der Waals surface area (Å²) in [5, 5.41) is 2.83. The highest BCUT2D eigenvalue weighted by Gasteiger charge is 2.09. The molecule has 0 unspecified atom stereocenters. The average Bonchev–Trinajstić information content (AvgIpc) is 2.67. The Bertz CT molecular complexity index is 711. The molecule has 0 aliphatic rings. The molecule has 0 atom stereocenters. The van der Waals surface area contributed by atoms with Crippen LogP contribution in [0.1, 0.15) is 41.6 Å². The minimum absolute atomic E-state index is 0.0564. The molecule has 0 aromatic heterocycles. The number of carbonyl (C=O) groups excluding carboxylic acids is 2. The quantitative estimate of drug-likeness (QED) is 0.518. The predicted octanol–water partition coefficient (Wildman–Crippen LogP) is 3.94. The fourth-order valence-electron chi connectivity index (χ4n) is 2.57. The van der Waals surface area contributed by atoms with Crippen LogP contribution in [0.5, 0.6) is 5.75 Å². The number of methoxy groups -OCH3 is 1. The molecule has 138 valence electrons. The number of benzene rings is 2. The molecule has 26 heavy (non-hydrogen) atoms. The predicted molar refractivity (Wildman–Crippen MR) is 98.9 cm³/mol. The Balaban J connectivity index is 1.59. The standard InChI is InChI=1S/C21H24FNO3/c1-26-19-11-7-17(8-12-19)20(24)13-14-21(25)23-15-3-2-4-16-5-9-18(22)10-6-16/h5-12H,2-4,13-15H2,1H3,(H,23,25). The van der Waals surface area contributed by atoms with Gasteiger partial charge in [-0.05, 0) is 61.2 Å². The Morgan fingerprint density at radius 3 is 2.31 bits per heavy atom. The van der Waals surface area contributed by atoms with Crippen LogP contribution >= 0.6 is 0 Å². The number of hydrogen-bond donors (Lipinski definition) is 1. The second-order valence-electron chi connectivity index (χ2n) is 6.09. The molecular formula is C21H24FNO3. The zero-order chi connectivity index (χ0) is 18.8. The number of nitrogens with one attached hydrogen (secondary N) is 1. The Labute approximate surface area is 153 Å². The molecule has 0 saturated carbocycles. The first-order chi connectivity index (χ1) is 12.6. The van der Waals surface area contributed by atoms with Crippen molar-refractivity contribution in [2.75, 3.05) is 13.7 Å². The van der Waals surface area contributed by atoms with Crippen LogP contribution in [0.25, 0.3) is 0 Å². The number of hydrogen-bond acceptors (Lipinski definition) is 3. The third-order valence-electron chi connectivity index (χ3n) is 4.12. The number of unbranched alkanes of at least 4 members (excludes halogenated alkanes) is 1. The van der Waals surface area contributed by atoms with E-state index in [1.54, 1.807) is 43.5 Å². The Kier molecular flexibility index (Phi) is 7.80. The summed E-state index contributed by atoms with van der Waals surface area (Å²) >= 11 is 0. The number of Topliss-reactive ketones (excluding diaryl/α,β-unsaturated/α-hetero) is 1. The lowest BCUT2D eigenvalue weighted by molar-refractivity contribution is -0.121. The molecule has 0 heterocycles. The largest absolute Gasteiger partial charge is 0.497 e. The lowest BCUT2D eigenvalue weighted by Crippen LogP contribution is -2.24. The lowest BCUT2D eigenvalue weighted by Gasteiger charge is -2.06. The van der Waals surface area contributed by atoms with Gasteiger partial charge in [0.15, 0.2) is 5.78 Å². The van der Waals surface area contributed by atoms with Gasteiger partial charge in [0.2, 0.25) is 5.91 Å². The second kappa shape index (κ2) is 10.3. The van der Waals surface area contributed by atoms with E-state index in [1.807, 2.05) is 0 Å². The molecule has 2 rings (SSSR count). The molecule has 4 nitrogen and oxygen atoms in total. The highest BCUT2D eigenvalue weighted by Crippen LogP contribution is 2.13. The van der Waals surface area contributed by atoms with Crippen molar-refractivity contribution in [2.45, 2.75) is 32.1 Å². The molecule has 0 aliphatic carbocycles. The maximum atomic E-state index is 12.8. The molecule has 2 aromatic carbocycles. The average molecular weight is 357 g/mol. The molecule has 0 aliphatic heterocycles. The van der Waals surface area contributed by atoms with Gasteiger partial charge in [0, 0.05) is 24.9 Å². The normalized spacial score (nSPS) is 10.4. The second-order valence-corrected chi connectivity index (χ2v) is 6.09. The van der Waals surface area contributed by atoms with E-state index in [0.29, 0.717) is 17.9 Å². The number of aryl methyl sites for hydroxylation is 1. The SMILES string of the molecule is COc1ccc(C(=O)CCC(=O)NCCCCc2ccc(F)cc2)cc1. The van der Waals surface area contributed by atoms with Gasteiger partial charge < -0.3 is 10.1 Å². The summed E-state index contributed by atoms with van der Waals surface area (Å²) in [6.45, 7) is 0.580. The number of amides is 1. The lowest BCUT2D eigenvalue weighted by atomic mass is 10.1. The van der Waals surface area contributed by atoms with E-state index in [2.05, 4.69) is 5.32 Å². The van der Waals surface area contributed by atoms with Crippen LogP contribution in [0.2, 0.25) is 0 Å². The minimum atomic E-state index is -0.231. The molecule has 1 N–H and O–H groups in total.